The van der Waals surface area contributed by atoms with Crippen LogP contribution in [0.3, 0.4) is 0 Å². The Hall–Kier alpha value is -0.120. The van der Waals surface area contributed by atoms with E-state index in [1.807, 2.05) is 13.8 Å². The summed E-state index contributed by atoms with van der Waals surface area (Å²) in [5, 5.41) is 22.0. The SMILES string of the molecule is CC(C)(CO)NC1CCCCC1O. The monoisotopic (exact) mass is 187 g/mol. The van der Waals surface area contributed by atoms with Gasteiger partial charge in [-0.15, -0.1) is 0 Å². The molecule has 0 radical (unpaired) electrons. The minimum absolute atomic E-state index is 0.107. The van der Waals surface area contributed by atoms with Crippen molar-refractivity contribution in [1.82, 2.24) is 5.32 Å². The van der Waals surface area contributed by atoms with Crippen LogP contribution in [0.2, 0.25) is 0 Å². The fourth-order valence-electron chi connectivity index (χ4n) is 1.83. The molecule has 0 amide bonds. The Balaban J connectivity index is 2.42. The van der Waals surface area contributed by atoms with E-state index in [0.717, 1.165) is 19.3 Å². The molecular formula is C10H21NO2. The van der Waals surface area contributed by atoms with Crippen LogP contribution in [0.25, 0.3) is 0 Å². The summed E-state index contributed by atoms with van der Waals surface area (Å²) in [4.78, 5) is 0. The van der Waals surface area contributed by atoms with Crippen LogP contribution in [0.15, 0.2) is 0 Å². The summed E-state index contributed by atoms with van der Waals surface area (Å²) in [6.45, 7) is 4.01. The predicted molar refractivity (Wildman–Crippen MR) is 52.6 cm³/mol. The highest BCUT2D eigenvalue weighted by molar-refractivity contribution is 4.87. The van der Waals surface area contributed by atoms with E-state index in [1.165, 1.54) is 6.42 Å². The Morgan fingerprint density at radius 3 is 2.46 bits per heavy atom. The molecule has 2 atom stereocenters. The molecule has 2 unspecified atom stereocenters. The quantitative estimate of drug-likeness (QED) is 0.608. The van der Waals surface area contributed by atoms with Gasteiger partial charge in [-0.25, -0.2) is 0 Å². The minimum atomic E-state index is -0.275. The average Bonchev–Trinajstić information content (AvgIpc) is 2.09. The van der Waals surface area contributed by atoms with Crippen LogP contribution < -0.4 is 5.32 Å². The molecule has 1 saturated carbocycles. The molecule has 3 nitrogen and oxygen atoms in total. The van der Waals surface area contributed by atoms with Crippen molar-refractivity contribution in [1.29, 1.82) is 0 Å². The standard InChI is InChI=1S/C10H21NO2/c1-10(2,7-12)11-8-5-3-4-6-9(8)13/h8-9,11-13H,3-7H2,1-2H3. The zero-order valence-corrected chi connectivity index (χ0v) is 8.58. The van der Waals surface area contributed by atoms with Gasteiger partial charge in [0.25, 0.3) is 0 Å². The largest absolute Gasteiger partial charge is 0.394 e. The summed E-state index contributed by atoms with van der Waals surface area (Å²) in [6, 6.07) is 0.163. The van der Waals surface area contributed by atoms with Crippen LogP contribution in [0.5, 0.6) is 0 Å². The van der Waals surface area contributed by atoms with Gasteiger partial charge in [0.2, 0.25) is 0 Å². The lowest BCUT2D eigenvalue weighted by molar-refractivity contribution is 0.0637. The molecular weight excluding hydrogens is 166 g/mol. The summed E-state index contributed by atoms with van der Waals surface area (Å²) in [5.74, 6) is 0. The van der Waals surface area contributed by atoms with Gasteiger partial charge in [-0.3, -0.25) is 0 Å². The highest BCUT2D eigenvalue weighted by Gasteiger charge is 2.28. The van der Waals surface area contributed by atoms with Crippen molar-refractivity contribution in [2.24, 2.45) is 0 Å². The Bertz CT molecular complexity index is 159. The Labute approximate surface area is 80.2 Å². The first kappa shape index (κ1) is 11.0. The molecule has 1 aliphatic rings. The van der Waals surface area contributed by atoms with Crippen LogP contribution in [-0.2, 0) is 0 Å². The molecule has 0 heterocycles. The highest BCUT2D eigenvalue weighted by atomic mass is 16.3. The Morgan fingerprint density at radius 1 is 1.31 bits per heavy atom. The molecule has 0 aliphatic heterocycles. The average molecular weight is 187 g/mol. The lowest BCUT2D eigenvalue weighted by Crippen LogP contribution is -2.53. The van der Waals surface area contributed by atoms with Crippen molar-refractivity contribution >= 4 is 0 Å². The Morgan fingerprint density at radius 2 is 1.92 bits per heavy atom. The maximum Gasteiger partial charge on any atom is 0.0693 e. The van der Waals surface area contributed by atoms with Crippen LogP contribution >= 0.6 is 0 Å². The molecule has 1 fully saturated rings. The minimum Gasteiger partial charge on any atom is -0.394 e. The maximum absolute atomic E-state index is 9.68. The van der Waals surface area contributed by atoms with Crippen LogP contribution in [-0.4, -0.2) is 34.5 Å². The number of aliphatic hydroxyl groups excluding tert-OH is 2. The fraction of sp³-hybridized carbons (Fsp3) is 1.00. The zero-order chi connectivity index (χ0) is 9.90. The molecule has 13 heavy (non-hydrogen) atoms. The highest BCUT2D eigenvalue weighted by Crippen LogP contribution is 2.20. The third-order valence-corrected chi connectivity index (χ3v) is 2.70. The van der Waals surface area contributed by atoms with E-state index in [2.05, 4.69) is 5.32 Å². The van der Waals surface area contributed by atoms with Crippen molar-refractivity contribution in [3.8, 4) is 0 Å². The molecule has 0 spiro atoms. The number of hydrogen-bond donors (Lipinski definition) is 3. The van der Waals surface area contributed by atoms with E-state index >= 15 is 0 Å². The van der Waals surface area contributed by atoms with E-state index in [9.17, 15) is 5.11 Å². The summed E-state index contributed by atoms with van der Waals surface area (Å²) in [6.07, 6.45) is 3.97. The molecule has 78 valence electrons. The van der Waals surface area contributed by atoms with Gasteiger partial charge < -0.3 is 15.5 Å². The third kappa shape index (κ3) is 3.25. The zero-order valence-electron chi connectivity index (χ0n) is 8.58. The van der Waals surface area contributed by atoms with Crippen molar-refractivity contribution in [3.63, 3.8) is 0 Å². The van der Waals surface area contributed by atoms with Gasteiger partial charge in [-0.1, -0.05) is 12.8 Å². The lowest BCUT2D eigenvalue weighted by atomic mass is 9.90. The summed E-state index contributed by atoms with van der Waals surface area (Å²) >= 11 is 0. The lowest BCUT2D eigenvalue weighted by Gasteiger charge is -2.35. The molecule has 0 aromatic heterocycles. The topological polar surface area (TPSA) is 52.5 Å². The van der Waals surface area contributed by atoms with Gasteiger partial charge in [0.05, 0.1) is 12.7 Å². The number of nitrogens with one attached hydrogen (secondary N) is 1. The van der Waals surface area contributed by atoms with E-state index in [-0.39, 0.29) is 24.3 Å². The molecule has 3 N–H and O–H groups in total. The molecule has 0 aromatic rings. The van der Waals surface area contributed by atoms with E-state index in [0.29, 0.717) is 0 Å². The van der Waals surface area contributed by atoms with Gasteiger partial charge >= 0.3 is 0 Å². The van der Waals surface area contributed by atoms with Crippen LogP contribution in [0.4, 0.5) is 0 Å². The van der Waals surface area contributed by atoms with E-state index in [4.69, 9.17) is 5.11 Å². The van der Waals surface area contributed by atoms with Gasteiger partial charge in [-0.2, -0.15) is 0 Å². The van der Waals surface area contributed by atoms with Crippen LogP contribution in [0.1, 0.15) is 39.5 Å². The van der Waals surface area contributed by atoms with Crippen molar-refractivity contribution in [3.05, 3.63) is 0 Å². The number of aliphatic hydroxyl groups is 2. The first-order chi connectivity index (χ1) is 6.05. The first-order valence-electron chi connectivity index (χ1n) is 5.12. The normalized spacial score (nSPS) is 30.5. The predicted octanol–water partition coefficient (Wildman–Crippen LogP) is 0.650. The molecule has 0 aromatic carbocycles. The molecule has 1 aliphatic carbocycles. The maximum atomic E-state index is 9.68. The molecule has 3 heteroatoms. The number of rotatable bonds is 3. The number of hydrogen-bond acceptors (Lipinski definition) is 3. The Kier molecular flexibility index (Phi) is 3.71. The fourth-order valence-corrected chi connectivity index (χ4v) is 1.83. The smallest absolute Gasteiger partial charge is 0.0693 e. The van der Waals surface area contributed by atoms with Crippen molar-refractivity contribution in [2.45, 2.75) is 57.2 Å². The van der Waals surface area contributed by atoms with E-state index < -0.39 is 0 Å². The van der Waals surface area contributed by atoms with Crippen LogP contribution in [0, 0.1) is 0 Å². The molecule has 1 rings (SSSR count). The van der Waals surface area contributed by atoms with Crippen molar-refractivity contribution < 1.29 is 10.2 Å². The third-order valence-electron chi connectivity index (χ3n) is 2.70. The van der Waals surface area contributed by atoms with Gasteiger partial charge in [0, 0.05) is 11.6 Å². The summed E-state index contributed by atoms with van der Waals surface area (Å²) in [5.41, 5.74) is -0.275. The second-order valence-electron chi connectivity index (χ2n) is 4.64. The van der Waals surface area contributed by atoms with E-state index in [1.54, 1.807) is 0 Å². The summed E-state index contributed by atoms with van der Waals surface area (Å²) < 4.78 is 0. The second kappa shape index (κ2) is 4.40. The van der Waals surface area contributed by atoms with Gasteiger partial charge in [-0.05, 0) is 26.7 Å². The summed E-state index contributed by atoms with van der Waals surface area (Å²) in [7, 11) is 0. The second-order valence-corrected chi connectivity index (χ2v) is 4.64. The molecule has 0 bridgehead atoms. The van der Waals surface area contributed by atoms with Gasteiger partial charge in [0.15, 0.2) is 0 Å². The van der Waals surface area contributed by atoms with Gasteiger partial charge in [0.1, 0.15) is 0 Å². The van der Waals surface area contributed by atoms with Crippen molar-refractivity contribution in [2.75, 3.05) is 6.61 Å². The first-order valence-corrected chi connectivity index (χ1v) is 5.12. The molecule has 0 saturated heterocycles.